The molecule has 2 atom stereocenters. The minimum Gasteiger partial charge on any atom is -0.494 e. The second-order valence-electron chi connectivity index (χ2n) is 8.02. The molecule has 3 amide bonds. The van der Waals surface area contributed by atoms with Gasteiger partial charge in [0.05, 0.1) is 6.61 Å². The lowest BCUT2D eigenvalue weighted by molar-refractivity contribution is -0.137. The van der Waals surface area contributed by atoms with Crippen molar-refractivity contribution in [2.45, 2.75) is 52.5 Å². The number of para-hydroxylation sites is 1. The van der Waals surface area contributed by atoms with Crippen LogP contribution in [0.15, 0.2) is 30.3 Å². The van der Waals surface area contributed by atoms with Crippen molar-refractivity contribution in [3.63, 3.8) is 0 Å². The minimum atomic E-state index is -0.735. The number of hydroxylamine groups is 1. The monoisotopic (exact) mass is 407 g/mol. The molecule has 8 heteroatoms. The van der Waals surface area contributed by atoms with E-state index in [1.54, 1.807) is 5.48 Å². The molecule has 0 aliphatic heterocycles. The fraction of sp³-hybridized carbons (Fsp3) is 0.571. The van der Waals surface area contributed by atoms with Gasteiger partial charge < -0.3 is 15.4 Å². The number of benzene rings is 1. The van der Waals surface area contributed by atoms with Gasteiger partial charge in [-0.3, -0.25) is 19.6 Å². The average molecular weight is 408 g/mol. The fourth-order valence-electron chi connectivity index (χ4n) is 2.87. The van der Waals surface area contributed by atoms with Gasteiger partial charge in [0.25, 0.3) is 0 Å². The Morgan fingerprint density at radius 2 is 1.72 bits per heavy atom. The molecule has 0 aliphatic carbocycles. The second kappa shape index (κ2) is 12.1. The van der Waals surface area contributed by atoms with Gasteiger partial charge in [-0.1, -0.05) is 39.0 Å². The molecule has 4 N–H and O–H groups in total. The summed E-state index contributed by atoms with van der Waals surface area (Å²) < 4.78 is 5.63. The van der Waals surface area contributed by atoms with Crippen molar-refractivity contribution in [3.05, 3.63) is 30.3 Å². The molecule has 0 unspecified atom stereocenters. The van der Waals surface area contributed by atoms with Crippen LogP contribution in [0.5, 0.6) is 5.75 Å². The Kier molecular flexibility index (Phi) is 10.2. The molecule has 0 aromatic heterocycles. The average Bonchev–Trinajstić information content (AvgIpc) is 2.69. The first-order valence-electron chi connectivity index (χ1n) is 9.81. The standard InChI is InChI=1S/C21H33N3O5/c1-21(2,3)18(20(27)22-4)23-19(26)15(14-17(25)24-28)10-8-9-13-29-16-11-6-5-7-12-16/h5-7,11-12,15,18,28H,8-10,13-14H2,1-4H3,(H,22,27)(H,23,26)(H,24,25)/t15-,18-/m1/s1. The van der Waals surface area contributed by atoms with E-state index in [-0.39, 0.29) is 18.2 Å². The highest BCUT2D eigenvalue weighted by molar-refractivity contribution is 5.90. The van der Waals surface area contributed by atoms with E-state index < -0.39 is 23.3 Å². The highest BCUT2D eigenvalue weighted by atomic mass is 16.5. The van der Waals surface area contributed by atoms with E-state index in [0.29, 0.717) is 25.9 Å². The van der Waals surface area contributed by atoms with Crippen LogP contribution in [0.3, 0.4) is 0 Å². The predicted octanol–water partition coefficient (Wildman–Crippen LogP) is 2.02. The van der Waals surface area contributed by atoms with Crippen LogP contribution in [0.4, 0.5) is 0 Å². The van der Waals surface area contributed by atoms with Gasteiger partial charge in [0, 0.05) is 19.4 Å². The molecule has 29 heavy (non-hydrogen) atoms. The summed E-state index contributed by atoms with van der Waals surface area (Å²) in [6, 6.07) is 8.69. The number of ether oxygens (including phenoxy) is 1. The first kappa shape index (κ1) is 24.4. The number of hydrogen-bond donors (Lipinski definition) is 4. The van der Waals surface area contributed by atoms with Crippen molar-refractivity contribution in [1.29, 1.82) is 0 Å². The Labute approximate surface area is 172 Å². The number of rotatable bonds is 11. The zero-order valence-electron chi connectivity index (χ0n) is 17.7. The molecule has 0 bridgehead atoms. The SMILES string of the molecule is CNC(=O)[C@@H](NC(=O)[C@H](CCCCOc1ccccc1)CC(=O)NO)C(C)(C)C. The van der Waals surface area contributed by atoms with Crippen molar-refractivity contribution < 1.29 is 24.3 Å². The topological polar surface area (TPSA) is 117 Å². The Bertz CT molecular complexity index is 658. The van der Waals surface area contributed by atoms with E-state index in [0.717, 1.165) is 5.75 Å². The molecule has 0 saturated carbocycles. The Hall–Kier alpha value is -2.61. The summed E-state index contributed by atoms with van der Waals surface area (Å²) in [6.07, 6.45) is 1.63. The minimum absolute atomic E-state index is 0.160. The van der Waals surface area contributed by atoms with Crippen LogP contribution in [-0.4, -0.2) is 42.6 Å². The molecule has 0 aliphatic rings. The van der Waals surface area contributed by atoms with Gasteiger partial charge in [-0.25, -0.2) is 5.48 Å². The lowest BCUT2D eigenvalue weighted by Gasteiger charge is -2.31. The van der Waals surface area contributed by atoms with Crippen LogP contribution in [0, 0.1) is 11.3 Å². The number of unbranched alkanes of at least 4 members (excludes halogenated alkanes) is 1. The van der Waals surface area contributed by atoms with Crippen LogP contribution in [-0.2, 0) is 14.4 Å². The molecule has 0 heterocycles. The zero-order chi connectivity index (χ0) is 21.9. The molecular formula is C21H33N3O5. The van der Waals surface area contributed by atoms with E-state index in [9.17, 15) is 14.4 Å². The van der Waals surface area contributed by atoms with Crippen LogP contribution >= 0.6 is 0 Å². The van der Waals surface area contributed by atoms with Crippen molar-refractivity contribution in [2.24, 2.45) is 11.3 Å². The quantitative estimate of drug-likeness (QED) is 0.254. The third-order valence-corrected chi connectivity index (χ3v) is 4.55. The van der Waals surface area contributed by atoms with E-state index in [4.69, 9.17) is 9.94 Å². The maximum absolute atomic E-state index is 12.8. The first-order chi connectivity index (χ1) is 13.7. The maximum atomic E-state index is 12.8. The molecule has 1 aromatic carbocycles. The summed E-state index contributed by atoms with van der Waals surface area (Å²) in [6.45, 7) is 6.05. The number of amides is 3. The van der Waals surface area contributed by atoms with Crippen LogP contribution in [0.1, 0.15) is 46.5 Å². The number of nitrogens with one attached hydrogen (secondary N) is 3. The molecule has 0 radical (unpaired) electrons. The van der Waals surface area contributed by atoms with Gasteiger partial charge in [0.2, 0.25) is 17.7 Å². The van der Waals surface area contributed by atoms with Crippen molar-refractivity contribution in [1.82, 2.24) is 16.1 Å². The van der Waals surface area contributed by atoms with Crippen molar-refractivity contribution in [3.8, 4) is 5.75 Å². The predicted molar refractivity (Wildman–Crippen MR) is 109 cm³/mol. The largest absolute Gasteiger partial charge is 0.494 e. The highest BCUT2D eigenvalue weighted by Gasteiger charge is 2.34. The maximum Gasteiger partial charge on any atom is 0.244 e. The fourth-order valence-corrected chi connectivity index (χ4v) is 2.87. The van der Waals surface area contributed by atoms with E-state index in [1.165, 1.54) is 7.05 Å². The van der Waals surface area contributed by atoms with Crippen LogP contribution < -0.4 is 20.9 Å². The summed E-state index contributed by atoms with van der Waals surface area (Å²) in [7, 11) is 1.51. The van der Waals surface area contributed by atoms with E-state index >= 15 is 0 Å². The molecule has 0 spiro atoms. The van der Waals surface area contributed by atoms with Gasteiger partial charge in [-0.2, -0.15) is 0 Å². The van der Waals surface area contributed by atoms with Gasteiger partial charge in [0.15, 0.2) is 0 Å². The lowest BCUT2D eigenvalue weighted by Crippen LogP contribution is -2.54. The summed E-state index contributed by atoms with van der Waals surface area (Å²) >= 11 is 0. The normalized spacial score (nSPS) is 13.1. The Morgan fingerprint density at radius 3 is 2.28 bits per heavy atom. The summed E-state index contributed by atoms with van der Waals surface area (Å²) in [5.74, 6) is -1.21. The molecule has 1 aromatic rings. The van der Waals surface area contributed by atoms with Crippen LogP contribution in [0.25, 0.3) is 0 Å². The third-order valence-electron chi connectivity index (χ3n) is 4.55. The van der Waals surface area contributed by atoms with Gasteiger partial charge >= 0.3 is 0 Å². The smallest absolute Gasteiger partial charge is 0.244 e. The molecule has 162 valence electrons. The lowest BCUT2D eigenvalue weighted by atomic mass is 9.85. The van der Waals surface area contributed by atoms with Crippen LogP contribution in [0.2, 0.25) is 0 Å². The highest BCUT2D eigenvalue weighted by Crippen LogP contribution is 2.21. The molecule has 8 nitrogen and oxygen atoms in total. The summed E-state index contributed by atoms with van der Waals surface area (Å²) in [5, 5.41) is 14.1. The third kappa shape index (κ3) is 8.95. The summed E-state index contributed by atoms with van der Waals surface area (Å²) in [4.78, 5) is 36.6. The number of carbonyl (C=O) groups excluding carboxylic acids is 3. The molecule has 1 rings (SSSR count). The van der Waals surface area contributed by atoms with E-state index in [2.05, 4.69) is 10.6 Å². The van der Waals surface area contributed by atoms with Gasteiger partial charge in [-0.15, -0.1) is 0 Å². The van der Waals surface area contributed by atoms with Crippen molar-refractivity contribution in [2.75, 3.05) is 13.7 Å². The molecule has 0 saturated heterocycles. The van der Waals surface area contributed by atoms with E-state index in [1.807, 2.05) is 51.1 Å². The Balaban J connectivity index is 2.64. The zero-order valence-corrected chi connectivity index (χ0v) is 17.7. The number of likely N-dealkylation sites (N-methyl/N-ethyl adjacent to an activating group) is 1. The number of carbonyl (C=O) groups is 3. The second-order valence-corrected chi connectivity index (χ2v) is 8.02. The van der Waals surface area contributed by atoms with Crippen molar-refractivity contribution >= 4 is 17.7 Å². The first-order valence-corrected chi connectivity index (χ1v) is 9.81. The van der Waals surface area contributed by atoms with Gasteiger partial charge in [0.1, 0.15) is 11.8 Å². The summed E-state index contributed by atoms with van der Waals surface area (Å²) in [5.41, 5.74) is 1.07. The molecule has 0 fully saturated rings. The van der Waals surface area contributed by atoms with Gasteiger partial charge in [-0.05, 0) is 36.8 Å². The Morgan fingerprint density at radius 1 is 1.07 bits per heavy atom. The number of hydrogen-bond acceptors (Lipinski definition) is 5. The molecular weight excluding hydrogens is 374 g/mol.